The fraction of sp³-hybridized carbons (Fsp3) is 0.800. The van der Waals surface area contributed by atoms with Crippen LogP contribution in [0.15, 0.2) is 10.2 Å². The van der Waals surface area contributed by atoms with Crippen LogP contribution in [0.1, 0.15) is 26.7 Å². The molecule has 0 aromatic rings. The summed E-state index contributed by atoms with van der Waals surface area (Å²) in [5.74, 6) is 0.0963. The average Bonchev–Trinajstić information content (AvgIpc) is 2.22. The van der Waals surface area contributed by atoms with Crippen molar-refractivity contribution < 1.29 is 0 Å². The van der Waals surface area contributed by atoms with Crippen LogP contribution in [0.2, 0.25) is 0 Å². The highest BCUT2D eigenvalue weighted by molar-refractivity contribution is 4.79. The van der Waals surface area contributed by atoms with Gasteiger partial charge >= 0.3 is 0 Å². The molecule has 14 heavy (non-hydrogen) atoms. The van der Waals surface area contributed by atoms with E-state index in [0.29, 0.717) is 13.1 Å². The Bertz CT molecular complexity index is 220. The van der Waals surface area contributed by atoms with Gasteiger partial charge in [0.2, 0.25) is 0 Å². The Morgan fingerprint density at radius 2 is 1.29 bits per heavy atom. The topological polar surface area (TPSA) is 72.3 Å². The van der Waals surface area contributed by atoms with Gasteiger partial charge in [-0.2, -0.15) is 20.8 Å². The molecule has 0 aromatic heterocycles. The molecule has 4 nitrogen and oxygen atoms in total. The summed E-state index contributed by atoms with van der Waals surface area (Å²) in [7, 11) is 0. The monoisotopic (exact) mass is 192 g/mol. The van der Waals surface area contributed by atoms with Crippen LogP contribution in [-0.2, 0) is 0 Å². The molecular weight excluding hydrogens is 176 g/mol. The van der Waals surface area contributed by atoms with Gasteiger partial charge in [-0.15, -0.1) is 0 Å². The Kier molecular flexibility index (Phi) is 7.36. The van der Waals surface area contributed by atoms with Crippen LogP contribution >= 0.6 is 0 Å². The second kappa shape index (κ2) is 8.19. The third-order valence-corrected chi connectivity index (χ3v) is 1.86. The van der Waals surface area contributed by atoms with Crippen molar-refractivity contribution in [2.45, 2.75) is 26.7 Å². The maximum absolute atomic E-state index is 8.48. The van der Waals surface area contributed by atoms with Crippen molar-refractivity contribution in [3.63, 3.8) is 0 Å². The van der Waals surface area contributed by atoms with Crippen LogP contribution in [0.4, 0.5) is 0 Å². The minimum absolute atomic E-state index is 0.0481. The predicted molar refractivity (Wildman–Crippen MR) is 53.4 cm³/mol. The molecule has 0 aliphatic rings. The molecule has 0 radical (unpaired) electrons. The number of rotatable bonds is 6. The largest absolute Gasteiger partial charge is 0.198 e. The van der Waals surface area contributed by atoms with Crippen LogP contribution in [0.3, 0.4) is 0 Å². The molecule has 0 bridgehead atoms. The van der Waals surface area contributed by atoms with Crippen molar-refractivity contribution in [2.75, 3.05) is 13.1 Å². The lowest BCUT2D eigenvalue weighted by molar-refractivity contribution is 0.623. The fourth-order valence-electron chi connectivity index (χ4n) is 0.773. The van der Waals surface area contributed by atoms with Crippen molar-refractivity contribution in [2.24, 2.45) is 22.1 Å². The summed E-state index contributed by atoms with van der Waals surface area (Å²) in [6, 6.07) is 4.28. The molecule has 0 aliphatic carbocycles. The van der Waals surface area contributed by atoms with E-state index >= 15 is 0 Å². The van der Waals surface area contributed by atoms with E-state index in [2.05, 4.69) is 22.4 Å². The Morgan fingerprint density at radius 1 is 0.929 bits per heavy atom. The smallest absolute Gasteiger partial charge is 0.0653 e. The highest BCUT2D eigenvalue weighted by Gasteiger charge is 1.98. The quantitative estimate of drug-likeness (QED) is 0.606. The molecule has 0 saturated carbocycles. The molecule has 0 fully saturated rings. The average molecular weight is 192 g/mol. The Balaban J connectivity index is 3.39. The van der Waals surface area contributed by atoms with Gasteiger partial charge in [-0.3, -0.25) is 0 Å². The molecule has 76 valence electrons. The summed E-state index contributed by atoms with van der Waals surface area (Å²) in [5, 5.41) is 24.8. The number of nitrogens with zero attached hydrogens (tertiary/aromatic N) is 4. The number of nitriles is 2. The maximum Gasteiger partial charge on any atom is 0.0653 e. The highest BCUT2D eigenvalue weighted by Crippen LogP contribution is 2.01. The lowest BCUT2D eigenvalue weighted by atomic mass is 10.1. The van der Waals surface area contributed by atoms with Crippen molar-refractivity contribution in [1.29, 1.82) is 10.5 Å². The standard InChI is InChI=1S/C10H16N4/c1-9(7-11)3-5-13-14-6-4-10(2)8-12/h9-10H,3-6H2,1-2H3. The first-order valence-corrected chi connectivity index (χ1v) is 4.83. The summed E-state index contributed by atoms with van der Waals surface area (Å²) in [6.07, 6.45) is 1.52. The van der Waals surface area contributed by atoms with E-state index in [9.17, 15) is 0 Å². The Labute approximate surface area is 85.3 Å². The molecule has 2 unspecified atom stereocenters. The summed E-state index contributed by atoms with van der Waals surface area (Å²) in [4.78, 5) is 0. The zero-order valence-corrected chi connectivity index (χ0v) is 8.77. The van der Waals surface area contributed by atoms with Crippen LogP contribution in [-0.4, -0.2) is 13.1 Å². The van der Waals surface area contributed by atoms with Crippen LogP contribution in [0.5, 0.6) is 0 Å². The number of hydrogen-bond donors (Lipinski definition) is 0. The van der Waals surface area contributed by atoms with Crippen LogP contribution in [0, 0.1) is 34.5 Å². The van der Waals surface area contributed by atoms with Crippen molar-refractivity contribution in [1.82, 2.24) is 0 Å². The van der Waals surface area contributed by atoms with Gasteiger partial charge in [-0.05, 0) is 26.7 Å². The fourth-order valence-corrected chi connectivity index (χ4v) is 0.773. The van der Waals surface area contributed by atoms with Gasteiger partial charge in [0, 0.05) is 11.8 Å². The van der Waals surface area contributed by atoms with E-state index in [0.717, 1.165) is 12.8 Å². The second-order valence-electron chi connectivity index (χ2n) is 3.37. The first kappa shape index (κ1) is 12.6. The normalized spacial score (nSPS) is 14.6. The molecular formula is C10H16N4. The molecule has 0 heterocycles. The predicted octanol–water partition coefficient (Wildman–Crippen LogP) is 2.54. The van der Waals surface area contributed by atoms with E-state index in [4.69, 9.17) is 10.5 Å². The summed E-state index contributed by atoms with van der Waals surface area (Å²) < 4.78 is 0. The first-order chi connectivity index (χ1) is 6.70. The molecule has 0 spiro atoms. The Hall–Kier alpha value is -1.42. The molecule has 0 aromatic carbocycles. The van der Waals surface area contributed by atoms with Gasteiger partial charge in [-0.1, -0.05) is 0 Å². The van der Waals surface area contributed by atoms with Gasteiger partial charge in [0.05, 0.1) is 25.2 Å². The van der Waals surface area contributed by atoms with Gasteiger partial charge < -0.3 is 0 Å². The SMILES string of the molecule is CC(C#N)CCN=NCCC(C)C#N. The third kappa shape index (κ3) is 7.24. The molecule has 4 heteroatoms. The third-order valence-electron chi connectivity index (χ3n) is 1.86. The van der Waals surface area contributed by atoms with Crippen LogP contribution < -0.4 is 0 Å². The lowest BCUT2D eigenvalue weighted by Crippen LogP contribution is -1.94. The molecule has 0 aliphatic heterocycles. The highest BCUT2D eigenvalue weighted by atomic mass is 15.1. The molecule has 0 saturated heterocycles. The van der Waals surface area contributed by atoms with Gasteiger partial charge in [0.15, 0.2) is 0 Å². The number of hydrogen-bond acceptors (Lipinski definition) is 4. The van der Waals surface area contributed by atoms with E-state index < -0.39 is 0 Å². The zero-order chi connectivity index (χ0) is 10.8. The molecule has 0 N–H and O–H groups in total. The van der Waals surface area contributed by atoms with E-state index in [-0.39, 0.29) is 11.8 Å². The van der Waals surface area contributed by atoms with Gasteiger partial charge in [-0.25, -0.2) is 0 Å². The maximum atomic E-state index is 8.48. The molecule has 2 atom stereocenters. The zero-order valence-electron chi connectivity index (χ0n) is 8.77. The Morgan fingerprint density at radius 3 is 1.57 bits per heavy atom. The lowest BCUT2D eigenvalue weighted by Gasteiger charge is -1.97. The minimum Gasteiger partial charge on any atom is -0.198 e. The molecule has 0 rings (SSSR count). The molecule has 0 amide bonds. The summed E-state index contributed by atoms with van der Waals surface area (Å²) in [6.45, 7) is 4.95. The minimum atomic E-state index is 0.0481. The van der Waals surface area contributed by atoms with Crippen molar-refractivity contribution in [3.05, 3.63) is 0 Å². The second-order valence-corrected chi connectivity index (χ2v) is 3.37. The van der Waals surface area contributed by atoms with Gasteiger partial charge in [0.1, 0.15) is 0 Å². The van der Waals surface area contributed by atoms with Crippen molar-refractivity contribution >= 4 is 0 Å². The summed E-state index contributed by atoms with van der Waals surface area (Å²) in [5.41, 5.74) is 0. The van der Waals surface area contributed by atoms with Crippen LogP contribution in [0.25, 0.3) is 0 Å². The number of azo groups is 1. The van der Waals surface area contributed by atoms with E-state index in [1.165, 1.54) is 0 Å². The van der Waals surface area contributed by atoms with E-state index in [1.54, 1.807) is 0 Å². The van der Waals surface area contributed by atoms with Crippen molar-refractivity contribution in [3.8, 4) is 12.1 Å². The summed E-state index contributed by atoms with van der Waals surface area (Å²) >= 11 is 0. The van der Waals surface area contributed by atoms with Gasteiger partial charge in [0.25, 0.3) is 0 Å². The van der Waals surface area contributed by atoms with E-state index in [1.807, 2.05) is 13.8 Å². The first-order valence-electron chi connectivity index (χ1n) is 4.83.